The number of hydrogen-bond donors (Lipinski definition) is 7. The van der Waals surface area contributed by atoms with E-state index in [0.717, 1.165) is 61.4 Å². The Bertz CT molecular complexity index is 4130. The van der Waals surface area contributed by atoms with Crippen LogP contribution in [0.15, 0.2) is 157 Å². The highest BCUT2D eigenvalue weighted by atomic mass is 35.5. The number of ether oxygens (including phenoxy) is 2. The molecule has 11 rings (SSSR count). The first-order valence-electron chi connectivity index (χ1n) is 29.4. The molecule has 2 fully saturated rings. The number of aromatic nitrogens is 6. The van der Waals surface area contributed by atoms with Crippen LogP contribution in [-0.2, 0) is 19.5 Å². The Kier molecular flexibility index (Phi) is 19.2. The smallest absolute Gasteiger partial charge is 0.412 e. The number of hydrogen-bond acceptors (Lipinski definition) is 14. The number of benzene rings is 5. The Morgan fingerprint density at radius 3 is 1.52 bits per heavy atom. The Morgan fingerprint density at radius 1 is 0.562 bits per heavy atom. The quantitative estimate of drug-likeness (QED) is 0.0534. The molecule has 9 aromatic rings. The van der Waals surface area contributed by atoms with E-state index < -0.39 is 33.4 Å². The molecule has 0 spiro atoms. The van der Waals surface area contributed by atoms with E-state index in [1.807, 2.05) is 42.6 Å². The van der Waals surface area contributed by atoms with Gasteiger partial charge >= 0.3 is 12.2 Å². The highest BCUT2D eigenvalue weighted by Gasteiger charge is 2.29. The van der Waals surface area contributed by atoms with Crippen molar-refractivity contribution in [3.05, 3.63) is 173 Å². The molecule has 4 heterocycles. The molecule has 0 bridgehead atoms. The average Bonchev–Trinajstić information content (AvgIpc) is 1.67. The van der Waals surface area contributed by atoms with Crippen molar-refractivity contribution >= 4 is 102 Å². The molecule has 4 amide bonds. The van der Waals surface area contributed by atoms with Gasteiger partial charge in [-0.05, 0) is 166 Å². The van der Waals surface area contributed by atoms with Crippen LogP contribution < -0.4 is 31.9 Å². The second-order valence-corrected chi connectivity index (χ2v) is 26.6. The lowest BCUT2D eigenvalue weighted by Crippen LogP contribution is -2.42. The molecule has 0 unspecified atom stereocenters. The van der Waals surface area contributed by atoms with Gasteiger partial charge in [0.1, 0.15) is 11.2 Å². The van der Waals surface area contributed by atoms with Gasteiger partial charge in [-0.25, -0.2) is 41.9 Å². The Labute approximate surface area is 526 Å². The maximum absolute atomic E-state index is 13.6. The van der Waals surface area contributed by atoms with Gasteiger partial charge in [0.25, 0.3) is 21.8 Å². The summed E-state index contributed by atoms with van der Waals surface area (Å²) < 4.78 is 39.1. The number of carbonyl (C=O) groups is 4. The van der Waals surface area contributed by atoms with Crippen LogP contribution in [0.2, 0.25) is 10.0 Å². The van der Waals surface area contributed by atoms with Crippen LogP contribution in [0.1, 0.15) is 114 Å². The van der Waals surface area contributed by atoms with E-state index in [2.05, 4.69) is 46.9 Å². The van der Waals surface area contributed by atoms with E-state index in [1.165, 1.54) is 10.2 Å². The van der Waals surface area contributed by atoms with Gasteiger partial charge in [-0.15, -0.1) is 0 Å². The van der Waals surface area contributed by atoms with E-state index in [4.69, 9.17) is 42.6 Å². The third-order valence-electron chi connectivity index (χ3n) is 14.8. The summed E-state index contributed by atoms with van der Waals surface area (Å²) in [6.45, 7) is 10.8. The molecule has 462 valence electrons. The highest BCUT2D eigenvalue weighted by Crippen LogP contribution is 2.37. The molecule has 0 saturated heterocycles. The number of H-pyrrole nitrogens is 1. The number of fused-ring (bicyclic) bond motifs is 2. The van der Waals surface area contributed by atoms with Crippen LogP contribution in [0.5, 0.6) is 0 Å². The number of aromatic amines is 1. The molecule has 20 nitrogen and oxygen atoms in total. The second kappa shape index (κ2) is 27.1. The normalized spacial score (nSPS) is 16.9. The molecule has 2 aliphatic rings. The zero-order valence-corrected chi connectivity index (χ0v) is 52.4. The number of nitrogens with one attached hydrogen (secondary N) is 7. The zero-order chi connectivity index (χ0) is 63.0. The summed E-state index contributed by atoms with van der Waals surface area (Å²) in [4.78, 5) is 71.8. The number of halogens is 2. The molecule has 4 atom stereocenters. The lowest BCUT2D eigenvalue weighted by molar-refractivity contribution is 0.0624. The zero-order valence-electron chi connectivity index (χ0n) is 50.1. The van der Waals surface area contributed by atoms with E-state index in [1.54, 1.807) is 145 Å². The summed E-state index contributed by atoms with van der Waals surface area (Å²) in [5.41, 5.74) is 4.96. The molecule has 23 heteroatoms. The number of carbonyl (C=O) groups excluding carboxylic acids is 4. The SMILES string of the molecule is CC(C)(C)OC(=O)Nc1ccc(C(=O)N[C@H]2CCC[C@@H](Nc3ncc(Cl)c(-c4c[nH]c5ccccc45)n3)C2)cc1.CC(C)(C)OC(=O)Nc1ccc(C(=O)N[C@H]2CCC[C@@H](Nc3ncc(Cl)c(-c4cn(S(=O)(=O)c5ccccc5)c5ccccc45)n3)C2)cc1. The lowest BCUT2D eigenvalue weighted by Gasteiger charge is -2.30. The van der Waals surface area contributed by atoms with Gasteiger partial charge in [0.15, 0.2) is 0 Å². The van der Waals surface area contributed by atoms with Crippen molar-refractivity contribution in [2.24, 2.45) is 0 Å². The minimum absolute atomic E-state index is 0.0127. The maximum Gasteiger partial charge on any atom is 0.412 e. The van der Waals surface area contributed by atoms with E-state index >= 15 is 0 Å². The van der Waals surface area contributed by atoms with Gasteiger partial charge in [-0.1, -0.05) is 77.8 Å². The minimum atomic E-state index is -3.89. The van der Waals surface area contributed by atoms with Gasteiger partial charge in [0.05, 0.1) is 44.2 Å². The molecular weight excluding hydrogens is 1190 g/mol. The van der Waals surface area contributed by atoms with Crippen molar-refractivity contribution in [3.63, 3.8) is 0 Å². The summed E-state index contributed by atoms with van der Waals surface area (Å²) in [5, 5.41) is 21.0. The molecule has 7 N–H and O–H groups in total. The van der Waals surface area contributed by atoms with Gasteiger partial charge in [-0.2, -0.15) is 0 Å². The number of nitrogens with zero attached hydrogens (tertiary/aromatic N) is 5. The first kappa shape index (κ1) is 63.0. The van der Waals surface area contributed by atoms with Gasteiger partial charge in [0, 0.05) is 86.5 Å². The lowest BCUT2D eigenvalue weighted by atomic mass is 9.91. The van der Waals surface area contributed by atoms with Gasteiger partial charge < -0.3 is 35.7 Å². The number of para-hydroxylation sites is 2. The maximum atomic E-state index is 13.6. The largest absolute Gasteiger partial charge is 0.444 e. The van der Waals surface area contributed by atoms with E-state index in [-0.39, 0.29) is 45.9 Å². The highest BCUT2D eigenvalue weighted by molar-refractivity contribution is 7.90. The predicted molar refractivity (Wildman–Crippen MR) is 348 cm³/mol. The molecule has 5 aromatic carbocycles. The third kappa shape index (κ3) is 16.2. The van der Waals surface area contributed by atoms with Crippen molar-refractivity contribution < 1.29 is 37.1 Å². The Hall–Kier alpha value is -9.05. The van der Waals surface area contributed by atoms with Crippen molar-refractivity contribution in [1.82, 2.24) is 39.5 Å². The summed E-state index contributed by atoms with van der Waals surface area (Å²) >= 11 is 13.1. The fourth-order valence-electron chi connectivity index (χ4n) is 10.8. The van der Waals surface area contributed by atoms with E-state index in [0.29, 0.717) is 73.7 Å². The van der Waals surface area contributed by atoms with Crippen molar-refractivity contribution in [1.29, 1.82) is 0 Å². The van der Waals surface area contributed by atoms with Crippen molar-refractivity contribution in [2.75, 3.05) is 21.3 Å². The van der Waals surface area contributed by atoms with Crippen LogP contribution >= 0.6 is 23.2 Å². The van der Waals surface area contributed by atoms with Crippen LogP contribution in [0, 0.1) is 0 Å². The van der Waals surface area contributed by atoms with Crippen LogP contribution in [0.3, 0.4) is 0 Å². The fourth-order valence-corrected chi connectivity index (χ4v) is 12.6. The first-order chi connectivity index (χ1) is 42.5. The topological polar surface area (TPSA) is 265 Å². The molecule has 89 heavy (non-hydrogen) atoms. The number of anilines is 4. The van der Waals surface area contributed by atoms with Crippen LogP contribution in [-0.4, -0.2) is 96.7 Å². The Balaban J connectivity index is 0.000000200. The molecule has 2 aliphatic carbocycles. The predicted octanol–water partition coefficient (Wildman–Crippen LogP) is 14.3. The van der Waals surface area contributed by atoms with E-state index in [9.17, 15) is 27.6 Å². The summed E-state index contributed by atoms with van der Waals surface area (Å²) in [5.74, 6) is 0.502. The standard InChI is InChI=1S/C36H37ClN6O5S.C30H33ClN6O3/c1-36(2,3)48-35(45)41-24-18-16-23(17-19-24)33(44)39-25-10-9-11-26(20-25)40-34-38-21-30(37)32(42-34)29-22-43(31-15-8-7-14-28(29)31)49(46,47)27-12-5-4-6-13-27;1-30(2,3)40-29(39)36-19-13-11-18(12-14-19)27(38)34-20-7-6-8-21(15-20)35-28-33-17-24(31)26(37-28)23-16-32-25-10-5-4-9-22(23)25/h4-8,12-19,21-22,25-26H,9-11,20H2,1-3H3,(H,39,44)(H,41,45)(H,38,40,42);4-5,9-14,16-17,20-21,32H,6-8,15H2,1-3H3,(H,34,38)(H,36,39)(H,33,35,37)/t25-,26+;20-,21+/m00/s1. The molecule has 4 aromatic heterocycles. The van der Waals surface area contributed by atoms with Gasteiger partial charge in [-0.3, -0.25) is 20.2 Å². The first-order valence-corrected chi connectivity index (χ1v) is 31.6. The van der Waals surface area contributed by atoms with Crippen molar-refractivity contribution in [2.45, 2.75) is 133 Å². The molecule has 2 saturated carbocycles. The average molecular weight is 1260 g/mol. The minimum Gasteiger partial charge on any atom is -0.444 e. The number of rotatable bonds is 14. The number of amides is 4. The summed E-state index contributed by atoms with van der Waals surface area (Å²) in [6.07, 6.45) is 12.3. The van der Waals surface area contributed by atoms with Crippen LogP contribution in [0.25, 0.3) is 44.3 Å². The second-order valence-electron chi connectivity index (χ2n) is 24.0. The third-order valence-corrected chi connectivity index (χ3v) is 17.1. The molecule has 0 aliphatic heterocycles. The van der Waals surface area contributed by atoms with Crippen molar-refractivity contribution in [3.8, 4) is 22.5 Å². The molecule has 0 radical (unpaired) electrons. The van der Waals surface area contributed by atoms with Gasteiger partial charge in [0.2, 0.25) is 11.9 Å². The summed E-state index contributed by atoms with van der Waals surface area (Å²) in [7, 11) is -3.89. The Morgan fingerprint density at radius 2 is 1.01 bits per heavy atom. The fraction of sp³-hybridized carbons (Fsp3) is 0.303. The summed E-state index contributed by atoms with van der Waals surface area (Å²) in [6, 6.07) is 36.9. The molecular formula is C66H70Cl2N12O8S. The van der Waals surface area contributed by atoms with Crippen LogP contribution in [0.4, 0.5) is 32.9 Å². The monoisotopic (exact) mass is 1260 g/mol.